The van der Waals surface area contributed by atoms with Gasteiger partial charge in [0.25, 0.3) is 0 Å². The van der Waals surface area contributed by atoms with Gasteiger partial charge in [-0.25, -0.2) is 0 Å². The molecule has 0 aliphatic rings. The van der Waals surface area contributed by atoms with E-state index in [1.165, 1.54) is 0 Å². The van der Waals surface area contributed by atoms with Crippen molar-refractivity contribution in [1.82, 2.24) is 9.13 Å². The summed E-state index contributed by atoms with van der Waals surface area (Å²) in [6, 6.07) is 52.7. The first-order valence-electron chi connectivity index (χ1n) is 18.8. The van der Waals surface area contributed by atoms with Crippen molar-refractivity contribution in [2.75, 3.05) is 0 Å². The molecule has 0 aliphatic heterocycles. The Morgan fingerprint density at radius 3 is 1.43 bits per heavy atom. The van der Waals surface area contributed by atoms with Crippen molar-refractivity contribution < 1.29 is 13.2 Å². The number of halogens is 3. The summed E-state index contributed by atoms with van der Waals surface area (Å²) < 4.78 is 57.9. The molecule has 58 heavy (non-hydrogen) atoms. The van der Waals surface area contributed by atoms with Crippen molar-refractivity contribution in [3.05, 3.63) is 169 Å². The summed E-state index contributed by atoms with van der Waals surface area (Å²) in [5.41, 5.74) is 3.73. The lowest BCUT2D eigenvalue weighted by Gasteiger charge is -2.23. The molecule has 0 radical (unpaired) electrons. The van der Waals surface area contributed by atoms with Gasteiger partial charge in [0, 0.05) is 61.9 Å². The van der Waals surface area contributed by atoms with Crippen LogP contribution in [0, 0.1) is 11.3 Å². The standard InChI is InChI=1S/C50H26F3N3S2/c51-50(52,53)47-39(55-37-16-5-1-12-31(37)33-20-22-43-45(48(33)55)35-14-3-7-18-41(35)57-43)25-30(29-11-9-10-28(24-29)27-54)26-40(47)56-38-17-6-2-13-32(38)34-21-23-44-46(49(34)56)36-15-4-8-19-42(36)58-44/h1-26H. The van der Waals surface area contributed by atoms with E-state index >= 15 is 13.2 Å². The van der Waals surface area contributed by atoms with Crippen LogP contribution in [-0.2, 0) is 6.18 Å². The van der Waals surface area contributed by atoms with Gasteiger partial charge in [0.2, 0.25) is 0 Å². The average Bonchev–Trinajstić information content (AvgIpc) is 4.00. The number of aromatic nitrogens is 2. The zero-order valence-electron chi connectivity index (χ0n) is 30.3. The van der Waals surface area contributed by atoms with E-state index in [4.69, 9.17) is 0 Å². The first-order valence-corrected chi connectivity index (χ1v) is 20.4. The molecule has 8 aromatic carbocycles. The minimum absolute atomic E-state index is 0.0182. The predicted molar refractivity (Wildman–Crippen MR) is 236 cm³/mol. The van der Waals surface area contributed by atoms with Crippen LogP contribution < -0.4 is 0 Å². The van der Waals surface area contributed by atoms with Crippen LogP contribution in [0.2, 0.25) is 0 Å². The van der Waals surface area contributed by atoms with Crippen molar-refractivity contribution in [2.45, 2.75) is 6.18 Å². The van der Waals surface area contributed by atoms with Crippen molar-refractivity contribution in [3.8, 4) is 28.6 Å². The molecule has 4 aromatic heterocycles. The van der Waals surface area contributed by atoms with E-state index in [0.717, 1.165) is 72.9 Å². The third kappa shape index (κ3) is 4.60. The van der Waals surface area contributed by atoms with E-state index in [9.17, 15) is 5.26 Å². The van der Waals surface area contributed by atoms with Gasteiger partial charge in [-0.05, 0) is 71.8 Å². The van der Waals surface area contributed by atoms with Gasteiger partial charge in [0.05, 0.1) is 45.1 Å². The number of nitrogens with zero attached hydrogens (tertiary/aromatic N) is 3. The van der Waals surface area contributed by atoms with E-state index in [2.05, 4.69) is 42.5 Å². The minimum atomic E-state index is -4.80. The number of thiophene rings is 2. The number of alkyl halides is 3. The SMILES string of the molecule is N#Cc1cccc(-c2cc(-n3c4ccccc4c4ccc5sc6ccccc6c5c43)c(C(F)(F)F)c(-n3c4ccccc4c4ccc5sc6ccccc6c5c43)c2)c1. The summed E-state index contributed by atoms with van der Waals surface area (Å²) in [5.74, 6) is 0. The molecular weight excluding hydrogens is 764 g/mol. The van der Waals surface area contributed by atoms with Gasteiger partial charge in [0.1, 0.15) is 5.56 Å². The van der Waals surface area contributed by atoms with E-state index < -0.39 is 11.7 Å². The Labute approximate surface area is 336 Å². The van der Waals surface area contributed by atoms with Crippen LogP contribution in [0.5, 0.6) is 0 Å². The van der Waals surface area contributed by atoms with Crippen LogP contribution >= 0.6 is 22.7 Å². The van der Waals surface area contributed by atoms with Gasteiger partial charge in [0.15, 0.2) is 0 Å². The second-order valence-electron chi connectivity index (χ2n) is 14.7. The lowest BCUT2D eigenvalue weighted by atomic mass is 9.97. The molecule has 0 N–H and O–H groups in total. The molecule has 0 fully saturated rings. The molecular formula is C50H26F3N3S2. The average molecular weight is 790 g/mol. The molecule has 0 saturated heterocycles. The van der Waals surface area contributed by atoms with Crippen molar-refractivity contribution in [3.63, 3.8) is 0 Å². The third-order valence-corrected chi connectivity index (χ3v) is 13.8. The molecule has 12 aromatic rings. The maximum atomic E-state index is 16.7. The topological polar surface area (TPSA) is 33.6 Å². The van der Waals surface area contributed by atoms with Crippen molar-refractivity contribution in [1.29, 1.82) is 5.26 Å². The maximum Gasteiger partial charge on any atom is 0.420 e. The molecule has 8 heteroatoms. The second-order valence-corrected chi connectivity index (χ2v) is 16.8. The van der Waals surface area contributed by atoms with Crippen LogP contribution in [0.15, 0.2) is 158 Å². The summed E-state index contributed by atoms with van der Waals surface area (Å²) in [5, 5.41) is 17.3. The number of rotatable bonds is 3. The highest BCUT2D eigenvalue weighted by Crippen LogP contribution is 2.50. The number of para-hydroxylation sites is 2. The Kier molecular flexibility index (Phi) is 6.90. The van der Waals surface area contributed by atoms with E-state index in [1.54, 1.807) is 53.0 Å². The highest BCUT2D eigenvalue weighted by molar-refractivity contribution is 7.26. The number of fused-ring (bicyclic) bond motifs is 14. The normalized spacial score (nSPS) is 12.4. The zero-order valence-corrected chi connectivity index (χ0v) is 31.9. The summed E-state index contributed by atoms with van der Waals surface area (Å²) in [4.78, 5) is 0. The second kappa shape index (κ2) is 12.0. The Morgan fingerprint density at radius 1 is 0.448 bits per heavy atom. The fraction of sp³-hybridized carbons (Fsp3) is 0.0200. The number of hydrogen-bond donors (Lipinski definition) is 0. The molecule has 0 spiro atoms. The number of benzene rings is 8. The van der Waals surface area contributed by atoms with Crippen LogP contribution in [0.3, 0.4) is 0 Å². The first kappa shape index (κ1) is 33.2. The van der Waals surface area contributed by atoms with Crippen LogP contribution in [0.1, 0.15) is 11.1 Å². The molecule has 0 amide bonds. The summed E-state index contributed by atoms with van der Waals surface area (Å²) in [6.45, 7) is 0. The van der Waals surface area contributed by atoms with E-state index in [-0.39, 0.29) is 11.4 Å². The molecule has 0 saturated carbocycles. The van der Waals surface area contributed by atoms with E-state index in [0.29, 0.717) is 27.7 Å². The van der Waals surface area contributed by atoms with Gasteiger partial charge in [-0.1, -0.05) is 97.1 Å². The summed E-state index contributed by atoms with van der Waals surface area (Å²) in [6.07, 6.45) is -4.80. The molecule has 0 aliphatic carbocycles. The lowest BCUT2D eigenvalue weighted by molar-refractivity contribution is -0.137. The monoisotopic (exact) mass is 789 g/mol. The van der Waals surface area contributed by atoms with E-state index in [1.807, 2.05) is 100 Å². The fourth-order valence-corrected chi connectivity index (χ4v) is 11.4. The smallest absolute Gasteiger partial charge is 0.308 e. The quantitative estimate of drug-likeness (QED) is 0.175. The Balaban J connectivity index is 1.34. The first-order chi connectivity index (χ1) is 28.4. The lowest BCUT2D eigenvalue weighted by Crippen LogP contribution is -2.16. The molecule has 274 valence electrons. The Bertz CT molecular complexity index is 3550. The van der Waals surface area contributed by atoms with Gasteiger partial charge >= 0.3 is 6.18 Å². The van der Waals surface area contributed by atoms with Gasteiger partial charge in [-0.3, -0.25) is 0 Å². The number of nitriles is 1. The molecule has 12 rings (SSSR count). The fourth-order valence-electron chi connectivity index (χ4n) is 9.22. The van der Waals surface area contributed by atoms with Gasteiger partial charge < -0.3 is 9.13 Å². The molecule has 0 bridgehead atoms. The highest BCUT2D eigenvalue weighted by Gasteiger charge is 2.40. The summed E-state index contributed by atoms with van der Waals surface area (Å²) >= 11 is 3.28. The van der Waals surface area contributed by atoms with Gasteiger partial charge in [-0.15, -0.1) is 22.7 Å². The Hall–Kier alpha value is -6.92. The molecule has 3 nitrogen and oxygen atoms in total. The highest BCUT2D eigenvalue weighted by atomic mass is 32.1. The Morgan fingerprint density at radius 2 is 0.931 bits per heavy atom. The van der Waals surface area contributed by atoms with Gasteiger partial charge in [-0.2, -0.15) is 18.4 Å². The minimum Gasteiger partial charge on any atom is -0.308 e. The largest absolute Gasteiger partial charge is 0.420 e. The zero-order chi connectivity index (χ0) is 38.9. The summed E-state index contributed by atoms with van der Waals surface area (Å²) in [7, 11) is 0. The van der Waals surface area contributed by atoms with Crippen LogP contribution in [-0.4, -0.2) is 9.13 Å². The third-order valence-electron chi connectivity index (χ3n) is 11.5. The molecule has 0 unspecified atom stereocenters. The molecule has 4 heterocycles. The number of hydrogen-bond acceptors (Lipinski definition) is 3. The van der Waals surface area contributed by atoms with Crippen molar-refractivity contribution >= 4 is 107 Å². The predicted octanol–water partition coefficient (Wildman–Crippen LogP) is 15.2. The maximum absolute atomic E-state index is 16.7. The van der Waals surface area contributed by atoms with Crippen molar-refractivity contribution in [2.24, 2.45) is 0 Å². The molecule has 0 atom stereocenters. The van der Waals surface area contributed by atoms with Crippen LogP contribution in [0.4, 0.5) is 13.2 Å². The van der Waals surface area contributed by atoms with Crippen LogP contribution in [0.25, 0.3) is 106 Å².